The van der Waals surface area contributed by atoms with Crippen molar-refractivity contribution in [3.63, 3.8) is 0 Å². The molecule has 16 heavy (non-hydrogen) atoms. The molecule has 0 spiro atoms. The van der Waals surface area contributed by atoms with E-state index in [0.29, 0.717) is 5.92 Å². The Hall–Kier alpha value is -0.860. The predicted molar refractivity (Wildman–Crippen MR) is 67.4 cm³/mol. The average molecular weight is 221 g/mol. The molecular formula is C14H23NO. The van der Waals surface area contributed by atoms with Crippen LogP contribution in [0.5, 0.6) is 0 Å². The molecule has 1 aromatic rings. The number of rotatable bonds is 3. The van der Waals surface area contributed by atoms with Gasteiger partial charge in [-0.1, -0.05) is 44.2 Å². The maximum Gasteiger partial charge on any atom is 0.0628 e. The summed E-state index contributed by atoms with van der Waals surface area (Å²) in [4.78, 5) is 0. The molecule has 0 heterocycles. The Labute approximate surface area is 98.9 Å². The Morgan fingerprint density at radius 1 is 1.06 bits per heavy atom. The molecule has 1 aromatic carbocycles. The summed E-state index contributed by atoms with van der Waals surface area (Å²) in [6.07, 6.45) is 0. The number of nitrogens with zero attached hydrogens (tertiary/aromatic N) is 1. The van der Waals surface area contributed by atoms with Gasteiger partial charge < -0.3 is 5.21 Å². The maximum absolute atomic E-state index is 10.3. The first kappa shape index (κ1) is 13.2. The van der Waals surface area contributed by atoms with Gasteiger partial charge in [-0.25, -0.2) is 0 Å². The minimum Gasteiger partial charge on any atom is -0.313 e. The molecule has 0 saturated carbocycles. The molecule has 0 aliphatic heterocycles. The van der Waals surface area contributed by atoms with Crippen molar-refractivity contribution < 1.29 is 5.21 Å². The summed E-state index contributed by atoms with van der Waals surface area (Å²) in [6, 6.07) is 10.2. The largest absolute Gasteiger partial charge is 0.313 e. The molecule has 0 unspecified atom stereocenters. The molecular weight excluding hydrogens is 198 g/mol. The third-order valence-corrected chi connectivity index (χ3v) is 2.72. The predicted octanol–water partition coefficient (Wildman–Crippen LogP) is 3.87. The van der Waals surface area contributed by atoms with Crippen LogP contribution in [0.3, 0.4) is 0 Å². The lowest BCUT2D eigenvalue weighted by Gasteiger charge is -2.38. The van der Waals surface area contributed by atoms with E-state index in [1.54, 1.807) is 0 Å². The van der Waals surface area contributed by atoms with Crippen LogP contribution in [0.4, 0.5) is 0 Å². The Bertz CT molecular complexity index is 313. The summed E-state index contributed by atoms with van der Waals surface area (Å²) in [5, 5.41) is 11.8. The molecule has 0 aliphatic rings. The van der Waals surface area contributed by atoms with Gasteiger partial charge >= 0.3 is 0 Å². The Morgan fingerprint density at radius 3 is 1.94 bits per heavy atom. The Morgan fingerprint density at radius 2 is 1.56 bits per heavy atom. The quantitative estimate of drug-likeness (QED) is 0.783. The van der Waals surface area contributed by atoms with Gasteiger partial charge in [0.05, 0.1) is 6.04 Å². The van der Waals surface area contributed by atoms with Crippen molar-refractivity contribution in [2.45, 2.75) is 46.2 Å². The number of benzene rings is 1. The van der Waals surface area contributed by atoms with Crippen LogP contribution in [0.25, 0.3) is 0 Å². The minimum absolute atomic E-state index is 0.0428. The van der Waals surface area contributed by atoms with Crippen LogP contribution < -0.4 is 0 Å². The lowest BCUT2D eigenvalue weighted by Crippen LogP contribution is -2.43. The van der Waals surface area contributed by atoms with Crippen LogP contribution in [0.2, 0.25) is 0 Å². The van der Waals surface area contributed by atoms with Gasteiger partial charge in [0.2, 0.25) is 0 Å². The summed E-state index contributed by atoms with van der Waals surface area (Å²) >= 11 is 0. The first-order chi connectivity index (χ1) is 7.34. The molecule has 1 N–H and O–H groups in total. The fraction of sp³-hybridized carbons (Fsp3) is 0.571. The second-order valence-corrected chi connectivity index (χ2v) is 5.61. The van der Waals surface area contributed by atoms with Crippen LogP contribution in [0.15, 0.2) is 30.3 Å². The van der Waals surface area contributed by atoms with E-state index in [4.69, 9.17) is 0 Å². The highest BCUT2D eigenvalue weighted by molar-refractivity contribution is 5.19. The van der Waals surface area contributed by atoms with Crippen molar-refractivity contribution in [3.05, 3.63) is 35.9 Å². The standard InChI is InChI=1S/C14H23NO/c1-11(2)13(15(16)14(3,4)5)12-9-7-6-8-10-12/h6-11,13,16H,1-5H3/t13-/m1/s1. The third kappa shape index (κ3) is 3.06. The normalized spacial score (nSPS) is 14.5. The molecule has 0 radical (unpaired) electrons. The minimum atomic E-state index is -0.245. The van der Waals surface area contributed by atoms with Crippen LogP contribution in [0, 0.1) is 5.92 Å². The second-order valence-electron chi connectivity index (χ2n) is 5.61. The van der Waals surface area contributed by atoms with Gasteiger partial charge in [-0.05, 0) is 32.3 Å². The van der Waals surface area contributed by atoms with Gasteiger partial charge in [0.1, 0.15) is 0 Å². The topological polar surface area (TPSA) is 23.5 Å². The molecule has 0 aromatic heterocycles. The van der Waals surface area contributed by atoms with E-state index < -0.39 is 0 Å². The van der Waals surface area contributed by atoms with E-state index >= 15 is 0 Å². The van der Waals surface area contributed by atoms with E-state index in [-0.39, 0.29) is 11.6 Å². The van der Waals surface area contributed by atoms with E-state index in [1.165, 1.54) is 5.06 Å². The number of hydrogen-bond acceptors (Lipinski definition) is 2. The van der Waals surface area contributed by atoms with Gasteiger partial charge in [-0.3, -0.25) is 0 Å². The van der Waals surface area contributed by atoms with Crippen molar-refractivity contribution in [1.29, 1.82) is 0 Å². The average Bonchev–Trinajstić information content (AvgIpc) is 2.17. The second kappa shape index (κ2) is 4.98. The third-order valence-electron chi connectivity index (χ3n) is 2.72. The van der Waals surface area contributed by atoms with Crippen molar-refractivity contribution in [1.82, 2.24) is 5.06 Å². The molecule has 2 heteroatoms. The highest BCUT2D eigenvalue weighted by atomic mass is 16.5. The summed E-state index contributed by atoms with van der Waals surface area (Å²) < 4.78 is 0. The fourth-order valence-corrected chi connectivity index (χ4v) is 1.88. The monoisotopic (exact) mass is 221 g/mol. The van der Waals surface area contributed by atoms with Crippen LogP contribution in [0.1, 0.15) is 46.2 Å². The SMILES string of the molecule is CC(C)[C@H](c1ccccc1)N(O)C(C)(C)C. The van der Waals surface area contributed by atoms with E-state index in [9.17, 15) is 5.21 Å². The lowest BCUT2D eigenvalue weighted by molar-refractivity contribution is -0.199. The molecule has 1 rings (SSSR count). The zero-order valence-electron chi connectivity index (χ0n) is 10.9. The Kier molecular flexibility index (Phi) is 4.11. The fourth-order valence-electron chi connectivity index (χ4n) is 1.88. The van der Waals surface area contributed by atoms with Gasteiger partial charge in [0.25, 0.3) is 0 Å². The van der Waals surface area contributed by atoms with Crippen LogP contribution in [-0.2, 0) is 0 Å². The Balaban J connectivity index is 3.02. The highest BCUT2D eigenvalue weighted by Gasteiger charge is 2.30. The first-order valence-electron chi connectivity index (χ1n) is 5.87. The van der Waals surface area contributed by atoms with Crippen molar-refractivity contribution in [2.75, 3.05) is 0 Å². The highest BCUT2D eigenvalue weighted by Crippen LogP contribution is 2.31. The summed E-state index contributed by atoms with van der Waals surface area (Å²) in [7, 11) is 0. The van der Waals surface area contributed by atoms with E-state index in [0.717, 1.165) is 5.56 Å². The maximum atomic E-state index is 10.3. The summed E-state index contributed by atoms with van der Waals surface area (Å²) in [5.74, 6) is 0.367. The zero-order valence-corrected chi connectivity index (χ0v) is 10.9. The molecule has 0 bridgehead atoms. The number of hydroxylamine groups is 2. The smallest absolute Gasteiger partial charge is 0.0628 e. The van der Waals surface area contributed by atoms with Gasteiger partial charge in [0, 0.05) is 5.54 Å². The van der Waals surface area contributed by atoms with Crippen molar-refractivity contribution >= 4 is 0 Å². The summed E-state index contributed by atoms with van der Waals surface area (Å²) in [5.41, 5.74) is 0.917. The lowest BCUT2D eigenvalue weighted by atomic mass is 9.92. The van der Waals surface area contributed by atoms with Crippen LogP contribution in [-0.4, -0.2) is 15.8 Å². The molecule has 0 saturated heterocycles. The zero-order chi connectivity index (χ0) is 12.3. The molecule has 0 amide bonds. The molecule has 2 nitrogen and oxygen atoms in total. The summed E-state index contributed by atoms with van der Waals surface area (Å²) in [6.45, 7) is 10.3. The van der Waals surface area contributed by atoms with Crippen molar-refractivity contribution in [2.24, 2.45) is 5.92 Å². The van der Waals surface area contributed by atoms with Crippen molar-refractivity contribution in [3.8, 4) is 0 Å². The van der Waals surface area contributed by atoms with Gasteiger partial charge in [-0.2, -0.15) is 5.06 Å². The number of hydrogen-bond donors (Lipinski definition) is 1. The molecule has 1 atom stereocenters. The van der Waals surface area contributed by atoms with Gasteiger partial charge in [-0.15, -0.1) is 0 Å². The first-order valence-corrected chi connectivity index (χ1v) is 5.87. The van der Waals surface area contributed by atoms with Gasteiger partial charge in [0.15, 0.2) is 0 Å². The van der Waals surface area contributed by atoms with Crippen LogP contribution >= 0.6 is 0 Å². The van der Waals surface area contributed by atoms with E-state index in [1.807, 2.05) is 39.0 Å². The molecule has 90 valence electrons. The van der Waals surface area contributed by atoms with E-state index in [2.05, 4.69) is 26.0 Å². The molecule has 0 fully saturated rings. The molecule has 0 aliphatic carbocycles.